The van der Waals surface area contributed by atoms with Crippen LogP contribution in [0, 0.1) is 0 Å². The van der Waals surface area contributed by atoms with Crippen molar-refractivity contribution in [2.75, 3.05) is 24.7 Å². The number of rotatable bonds is 7. The van der Waals surface area contributed by atoms with Gasteiger partial charge in [0.1, 0.15) is 4.38 Å². The average molecular weight is 387 g/mol. The molecule has 1 aliphatic heterocycles. The summed E-state index contributed by atoms with van der Waals surface area (Å²) in [5, 5.41) is 3.39. The highest BCUT2D eigenvalue weighted by Gasteiger charge is 2.22. The topological polar surface area (TPSA) is 67.8 Å². The second-order valence-corrected chi connectivity index (χ2v) is 7.65. The molecular formula is C16H19ClN2O3S2. The molecule has 1 atom stereocenters. The lowest BCUT2D eigenvalue weighted by Crippen LogP contribution is -2.32. The van der Waals surface area contributed by atoms with Gasteiger partial charge in [-0.1, -0.05) is 53.3 Å². The van der Waals surface area contributed by atoms with Gasteiger partial charge in [0.2, 0.25) is 5.91 Å². The maximum atomic E-state index is 12.2. The number of carbonyl (C=O) groups excluding carboxylic acids is 2. The molecule has 130 valence electrons. The van der Waals surface area contributed by atoms with Gasteiger partial charge < -0.3 is 10.1 Å². The minimum atomic E-state index is -0.510. The van der Waals surface area contributed by atoms with Crippen LogP contribution in [0.5, 0.6) is 0 Å². The van der Waals surface area contributed by atoms with E-state index in [2.05, 4.69) is 10.3 Å². The van der Waals surface area contributed by atoms with E-state index in [4.69, 9.17) is 16.3 Å². The van der Waals surface area contributed by atoms with E-state index in [-0.39, 0.29) is 24.1 Å². The number of aliphatic imine (C=N–C) groups is 1. The van der Waals surface area contributed by atoms with Crippen molar-refractivity contribution in [2.24, 2.45) is 4.99 Å². The van der Waals surface area contributed by atoms with E-state index in [0.29, 0.717) is 17.2 Å². The van der Waals surface area contributed by atoms with Gasteiger partial charge in [-0.25, -0.2) is 0 Å². The summed E-state index contributed by atoms with van der Waals surface area (Å²) in [6, 6.07) is 6.66. The quantitative estimate of drug-likeness (QED) is 0.728. The summed E-state index contributed by atoms with van der Waals surface area (Å²) in [5.41, 5.74) is 0.707. The summed E-state index contributed by atoms with van der Waals surface area (Å²) in [6.45, 7) is 2.85. The van der Waals surface area contributed by atoms with Crippen molar-refractivity contribution >= 4 is 51.4 Å². The molecule has 8 heteroatoms. The number of ether oxygens (including phenoxy) is 1. The van der Waals surface area contributed by atoms with Crippen molar-refractivity contribution in [2.45, 2.75) is 19.4 Å². The van der Waals surface area contributed by atoms with Gasteiger partial charge in [0.25, 0.3) is 0 Å². The smallest absolute Gasteiger partial charge is 0.308 e. The molecule has 1 heterocycles. The Kier molecular flexibility index (Phi) is 7.94. The number of benzene rings is 1. The molecular weight excluding hydrogens is 368 g/mol. The molecule has 0 aromatic heterocycles. The Morgan fingerprint density at radius 1 is 1.46 bits per heavy atom. The van der Waals surface area contributed by atoms with Crippen LogP contribution in [-0.4, -0.2) is 40.9 Å². The minimum Gasteiger partial charge on any atom is -0.466 e. The molecule has 1 amide bonds. The number of carbonyl (C=O) groups is 2. The van der Waals surface area contributed by atoms with E-state index in [0.717, 1.165) is 16.7 Å². The number of thioether (sulfide) groups is 2. The average Bonchev–Trinajstić information content (AvgIpc) is 3.06. The van der Waals surface area contributed by atoms with Gasteiger partial charge in [0.05, 0.1) is 31.4 Å². The standard InChI is InChI=1S/C16H19ClN2O3S2/c1-2-22-15(21)9-13(11-5-3-4-6-12(11)17)19-14(20)10-24-16-18-7-8-23-16/h3-6,13H,2,7-10H2,1H3,(H,19,20)/t13-/m1/s1. The molecule has 1 aromatic rings. The fraction of sp³-hybridized carbons (Fsp3) is 0.438. The van der Waals surface area contributed by atoms with Gasteiger partial charge >= 0.3 is 5.97 Å². The van der Waals surface area contributed by atoms with Crippen LogP contribution in [0.25, 0.3) is 0 Å². The predicted molar refractivity (Wildman–Crippen MR) is 101 cm³/mol. The summed E-state index contributed by atoms with van der Waals surface area (Å²) in [6.07, 6.45) is 0.0453. The number of halogens is 1. The fourth-order valence-corrected chi connectivity index (χ4v) is 4.24. The van der Waals surface area contributed by atoms with Crippen LogP contribution in [0.4, 0.5) is 0 Å². The number of nitrogens with one attached hydrogen (secondary N) is 1. The van der Waals surface area contributed by atoms with Gasteiger partial charge in [-0.15, -0.1) is 0 Å². The summed E-state index contributed by atoms with van der Waals surface area (Å²) >= 11 is 9.28. The zero-order valence-corrected chi connectivity index (χ0v) is 15.7. The Bertz CT molecular complexity index is 625. The summed E-state index contributed by atoms with van der Waals surface area (Å²) < 4.78 is 5.93. The van der Waals surface area contributed by atoms with Crippen LogP contribution in [0.3, 0.4) is 0 Å². The van der Waals surface area contributed by atoms with Crippen molar-refractivity contribution < 1.29 is 14.3 Å². The largest absolute Gasteiger partial charge is 0.466 e. The number of nitrogens with zero attached hydrogens (tertiary/aromatic N) is 1. The summed E-state index contributed by atoms with van der Waals surface area (Å²) in [7, 11) is 0. The zero-order valence-electron chi connectivity index (χ0n) is 13.3. The highest BCUT2D eigenvalue weighted by atomic mass is 35.5. The Morgan fingerprint density at radius 3 is 2.92 bits per heavy atom. The van der Waals surface area contributed by atoms with Gasteiger partial charge in [0, 0.05) is 10.8 Å². The molecule has 0 aliphatic carbocycles. The van der Waals surface area contributed by atoms with Gasteiger partial charge in [0.15, 0.2) is 0 Å². The minimum absolute atomic E-state index is 0.0453. The van der Waals surface area contributed by atoms with E-state index in [1.165, 1.54) is 11.8 Å². The first-order valence-electron chi connectivity index (χ1n) is 7.59. The van der Waals surface area contributed by atoms with Crippen molar-refractivity contribution in [1.29, 1.82) is 0 Å². The fourth-order valence-electron chi connectivity index (χ4n) is 2.15. The highest BCUT2D eigenvalue weighted by molar-refractivity contribution is 8.39. The molecule has 0 saturated carbocycles. The van der Waals surface area contributed by atoms with E-state index in [1.807, 2.05) is 6.07 Å². The Hall–Kier alpha value is -1.18. The highest BCUT2D eigenvalue weighted by Crippen LogP contribution is 2.26. The Balaban J connectivity index is 2.00. The lowest BCUT2D eigenvalue weighted by atomic mass is 10.0. The lowest BCUT2D eigenvalue weighted by Gasteiger charge is -2.19. The lowest BCUT2D eigenvalue weighted by molar-refractivity contribution is -0.143. The summed E-state index contributed by atoms with van der Waals surface area (Å²) in [4.78, 5) is 28.4. The van der Waals surface area contributed by atoms with Crippen LogP contribution < -0.4 is 5.32 Å². The van der Waals surface area contributed by atoms with Crippen LogP contribution in [0.1, 0.15) is 24.9 Å². The van der Waals surface area contributed by atoms with Crippen LogP contribution in [0.15, 0.2) is 29.3 Å². The molecule has 1 N–H and O–H groups in total. The summed E-state index contributed by atoms with van der Waals surface area (Å²) in [5.74, 6) is 0.695. The first-order valence-corrected chi connectivity index (χ1v) is 9.94. The maximum Gasteiger partial charge on any atom is 0.308 e. The molecule has 0 spiro atoms. The molecule has 1 aromatic carbocycles. The molecule has 5 nitrogen and oxygen atoms in total. The molecule has 0 radical (unpaired) electrons. The van der Waals surface area contributed by atoms with Crippen LogP contribution in [-0.2, 0) is 14.3 Å². The SMILES string of the molecule is CCOC(=O)C[C@@H](NC(=O)CSC1=NCCS1)c1ccccc1Cl. The number of hydrogen-bond donors (Lipinski definition) is 1. The normalized spacial score (nSPS) is 14.8. The van der Waals surface area contributed by atoms with E-state index in [1.54, 1.807) is 36.9 Å². The second kappa shape index (κ2) is 9.96. The molecule has 0 fully saturated rings. The van der Waals surface area contributed by atoms with Gasteiger partial charge in [-0.3, -0.25) is 14.6 Å². The first-order chi connectivity index (χ1) is 11.6. The monoisotopic (exact) mass is 386 g/mol. The molecule has 1 aliphatic rings. The second-order valence-electron chi connectivity index (χ2n) is 4.94. The molecule has 24 heavy (non-hydrogen) atoms. The van der Waals surface area contributed by atoms with Crippen molar-refractivity contribution in [1.82, 2.24) is 5.32 Å². The first kappa shape index (κ1) is 19.1. The number of esters is 1. The molecule has 0 saturated heterocycles. The van der Waals surface area contributed by atoms with E-state index >= 15 is 0 Å². The van der Waals surface area contributed by atoms with Gasteiger partial charge in [-0.05, 0) is 18.6 Å². The molecule has 0 bridgehead atoms. The van der Waals surface area contributed by atoms with Crippen molar-refractivity contribution in [3.05, 3.63) is 34.9 Å². The van der Waals surface area contributed by atoms with Crippen molar-refractivity contribution in [3.63, 3.8) is 0 Å². The number of hydrogen-bond acceptors (Lipinski definition) is 6. The third-order valence-electron chi connectivity index (χ3n) is 3.18. The third kappa shape index (κ3) is 6.03. The van der Waals surface area contributed by atoms with Crippen LogP contribution in [0.2, 0.25) is 5.02 Å². The van der Waals surface area contributed by atoms with Gasteiger partial charge in [-0.2, -0.15) is 0 Å². The Labute approximate surface area is 155 Å². The maximum absolute atomic E-state index is 12.2. The van der Waals surface area contributed by atoms with E-state index in [9.17, 15) is 9.59 Å². The zero-order chi connectivity index (χ0) is 17.4. The molecule has 0 unspecified atom stereocenters. The number of amides is 1. The Morgan fingerprint density at radius 2 is 2.25 bits per heavy atom. The van der Waals surface area contributed by atoms with Crippen molar-refractivity contribution in [3.8, 4) is 0 Å². The third-order valence-corrected chi connectivity index (χ3v) is 5.77. The molecule has 2 rings (SSSR count). The van der Waals surface area contributed by atoms with E-state index < -0.39 is 6.04 Å². The van der Waals surface area contributed by atoms with Crippen LogP contribution >= 0.6 is 35.1 Å². The predicted octanol–water partition coefficient (Wildman–Crippen LogP) is 3.29.